The number of benzene rings is 1. The van der Waals surface area contributed by atoms with Gasteiger partial charge < -0.3 is 5.11 Å². The quantitative estimate of drug-likeness (QED) is 0.857. The average molecular weight is 269 g/mol. The maximum Gasteiger partial charge on any atom is 0.240 e. The van der Waals surface area contributed by atoms with Gasteiger partial charge in [0.25, 0.3) is 0 Å². The van der Waals surface area contributed by atoms with Crippen LogP contribution in [0.3, 0.4) is 0 Å². The van der Waals surface area contributed by atoms with Crippen molar-refractivity contribution in [3.05, 3.63) is 29.8 Å². The zero-order valence-electron chi connectivity index (χ0n) is 10.5. The van der Waals surface area contributed by atoms with Crippen LogP contribution in [0.5, 0.6) is 0 Å². The lowest BCUT2D eigenvalue weighted by Gasteiger charge is -2.25. The molecule has 1 fully saturated rings. The molecule has 4 nitrogen and oxygen atoms in total. The van der Waals surface area contributed by atoms with E-state index in [1.54, 1.807) is 25.1 Å². The normalized spacial score (nSPS) is 18.3. The Labute approximate surface area is 108 Å². The molecule has 5 heteroatoms. The predicted molar refractivity (Wildman–Crippen MR) is 69.6 cm³/mol. The van der Waals surface area contributed by atoms with Crippen molar-refractivity contribution in [1.82, 2.24) is 4.72 Å². The van der Waals surface area contributed by atoms with Gasteiger partial charge in [0.1, 0.15) is 0 Å². The first-order chi connectivity index (χ1) is 8.49. The Morgan fingerprint density at radius 2 is 2.17 bits per heavy atom. The van der Waals surface area contributed by atoms with Crippen LogP contribution < -0.4 is 4.72 Å². The Morgan fingerprint density at radius 3 is 2.72 bits per heavy atom. The number of aliphatic hydroxyl groups is 1. The molecular formula is C13H19NO3S. The number of hydrogen-bond donors (Lipinski definition) is 2. The lowest BCUT2D eigenvalue weighted by molar-refractivity contribution is 0.199. The second kappa shape index (κ2) is 5.38. The van der Waals surface area contributed by atoms with Crippen LogP contribution in [0.1, 0.15) is 37.9 Å². The van der Waals surface area contributed by atoms with Gasteiger partial charge in [-0.3, -0.25) is 0 Å². The van der Waals surface area contributed by atoms with E-state index in [0.717, 1.165) is 12.8 Å². The molecule has 0 aliphatic heterocycles. The fraction of sp³-hybridized carbons (Fsp3) is 0.538. The van der Waals surface area contributed by atoms with Crippen molar-refractivity contribution in [3.63, 3.8) is 0 Å². The molecule has 0 amide bonds. The van der Waals surface area contributed by atoms with E-state index in [1.807, 2.05) is 0 Å². The second-order valence-corrected chi connectivity index (χ2v) is 6.66. The van der Waals surface area contributed by atoms with Crippen LogP contribution in [0.25, 0.3) is 0 Å². The lowest BCUT2D eigenvalue weighted by atomic mass is 9.86. The summed E-state index contributed by atoms with van der Waals surface area (Å²) < 4.78 is 26.8. The van der Waals surface area contributed by atoms with Crippen molar-refractivity contribution in [2.24, 2.45) is 5.92 Å². The van der Waals surface area contributed by atoms with Crippen LogP contribution in [0.4, 0.5) is 0 Å². The SMILES string of the molecule is CC(O)c1cccc(S(=O)(=O)NCC2CCC2)c1. The predicted octanol–water partition coefficient (Wildman–Crippen LogP) is 1.82. The summed E-state index contributed by atoms with van der Waals surface area (Å²) in [5.41, 5.74) is 0.613. The summed E-state index contributed by atoms with van der Waals surface area (Å²) in [5.74, 6) is 0.486. The first-order valence-electron chi connectivity index (χ1n) is 6.27. The van der Waals surface area contributed by atoms with E-state index in [1.165, 1.54) is 12.5 Å². The molecule has 1 aliphatic carbocycles. The molecule has 2 rings (SSSR count). The van der Waals surface area contributed by atoms with Crippen LogP contribution >= 0.6 is 0 Å². The van der Waals surface area contributed by atoms with Gasteiger partial charge in [-0.05, 0) is 43.4 Å². The number of sulfonamides is 1. The minimum absolute atomic E-state index is 0.222. The number of nitrogens with one attached hydrogen (secondary N) is 1. The molecule has 0 spiro atoms. The zero-order chi connectivity index (χ0) is 13.2. The third-order valence-electron chi connectivity index (χ3n) is 3.44. The molecule has 0 aromatic heterocycles. The lowest BCUT2D eigenvalue weighted by Crippen LogP contribution is -2.32. The van der Waals surface area contributed by atoms with E-state index in [9.17, 15) is 13.5 Å². The van der Waals surface area contributed by atoms with Crippen molar-refractivity contribution in [1.29, 1.82) is 0 Å². The Morgan fingerprint density at radius 1 is 1.44 bits per heavy atom. The van der Waals surface area contributed by atoms with E-state index >= 15 is 0 Å². The van der Waals surface area contributed by atoms with Gasteiger partial charge in [-0.1, -0.05) is 18.6 Å². The minimum atomic E-state index is -3.45. The molecule has 100 valence electrons. The Kier molecular flexibility index (Phi) is 4.04. The van der Waals surface area contributed by atoms with Crippen LogP contribution in [0.2, 0.25) is 0 Å². The third kappa shape index (κ3) is 3.10. The van der Waals surface area contributed by atoms with E-state index in [2.05, 4.69) is 4.72 Å². The maximum atomic E-state index is 12.1. The van der Waals surface area contributed by atoms with Gasteiger partial charge in [0, 0.05) is 6.54 Å². The Hall–Kier alpha value is -0.910. The molecule has 1 aliphatic rings. The molecule has 2 N–H and O–H groups in total. The molecule has 1 aromatic rings. The van der Waals surface area contributed by atoms with Crippen molar-refractivity contribution >= 4 is 10.0 Å². The molecule has 0 saturated heterocycles. The molecular weight excluding hydrogens is 250 g/mol. The van der Waals surface area contributed by atoms with E-state index in [-0.39, 0.29) is 4.90 Å². The highest BCUT2D eigenvalue weighted by Gasteiger charge is 2.21. The maximum absolute atomic E-state index is 12.1. The number of aliphatic hydroxyl groups excluding tert-OH is 1. The largest absolute Gasteiger partial charge is 0.389 e. The second-order valence-electron chi connectivity index (χ2n) is 4.90. The minimum Gasteiger partial charge on any atom is -0.389 e. The number of hydrogen-bond acceptors (Lipinski definition) is 3. The third-order valence-corrected chi connectivity index (χ3v) is 4.86. The molecule has 18 heavy (non-hydrogen) atoms. The van der Waals surface area contributed by atoms with Crippen molar-refractivity contribution in [3.8, 4) is 0 Å². The molecule has 1 unspecified atom stereocenters. The number of rotatable bonds is 5. The first kappa shape index (κ1) is 13.5. The van der Waals surface area contributed by atoms with Gasteiger partial charge in [0.2, 0.25) is 10.0 Å². The Balaban J connectivity index is 2.10. The zero-order valence-corrected chi connectivity index (χ0v) is 11.3. The standard InChI is InChI=1S/C13H19NO3S/c1-10(15)12-6-3-7-13(8-12)18(16,17)14-9-11-4-2-5-11/h3,6-8,10-11,14-15H,2,4-5,9H2,1H3. The summed E-state index contributed by atoms with van der Waals surface area (Å²) in [6.07, 6.45) is 2.75. The molecule has 1 atom stereocenters. The van der Waals surface area contributed by atoms with Crippen molar-refractivity contribution < 1.29 is 13.5 Å². The highest BCUT2D eigenvalue weighted by atomic mass is 32.2. The summed E-state index contributed by atoms with van der Waals surface area (Å²) in [7, 11) is -3.45. The molecule has 0 radical (unpaired) electrons. The molecule has 0 heterocycles. The molecule has 1 aromatic carbocycles. The van der Waals surface area contributed by atoms with Crippen LogP contribution in [0.15, 0.2) is 29.2 Å². The highest BCUT2D eigenvalue weighted by Crippen LogP contribution is 2.26. The average Bonchev–Trinajstić information content (AvgIpc) is 2.27. The van der Waals surface area contributed by atoms with Gasteiger partial charge in [-0.15, -0.1) is 0 Å². The van der Waals surface area contributed by atoms with Crippen molar-refractivity contribution in [2.75, 3.05) is 6.54 Å². The fourth-order valence-electron chi connectivity index (χ4n) is 1.95. The summed E-state index contributed by atoms with van der Waals surface area (Å²) >= 11 is 0. The topological polar surface area (TPSA) is 66.4 Å². The van der Waals surface area contributed by atoms with Crippen LogP contribution in [-0.4, -0.2) is 20.1 Å². The summed E-state index contributed by atoms with van der Waals surface area (Å²) in [6.45, 7) is 2.13. The Bertz CT molecular complexity index is 507. The molecule has 1 saturated carbocycles. The van der Waals surface area contributed by atoms with Crippen LogP contribution in [-0.2, 0) is 10.0 Å². The van der Waals surface area contributed by atoms with Gasteiger partial charge in [-0.25, -0.2) is 13.1 Å². The molecule has 0 bridgehead atoms. The first-order valence-corrected chi connectivity index (χ1v) is 7.75. The van der Waals surface area contributed by atoms with Gasteiger partial charge in [-0.2, -0.15) is 0 Å². The summed E-state index contributed by atoms with van der Waals surface area (Å²) in [4.78, 5) is 0.222. The van der Waals surface area contributed by atoms with Gasteiger partial charge in [0.05, 0.1) is 11.0 Å². The van der Waals surface area contributed by atoms with E-state index < -0.39 is 16.1 Å². The smallest absolute Gasteiger partial charge is 0.240 e. The highest BCUT2D eigenvalue weighted by molar-refractivity contribution is 7.89. The summed E-state index contributed by atoms with van der Waals surface area (Å²) in [6, 6.07) is 6.44. The van der Waals surface area contributed by atoms with Crippen molar-refractivity contribution in [2.45, 2.75) is 37.2 Å². The van der Waals surface area contributed by atoms with Gasteiger partial charge in [0.15, 0.2) is 0 Å². The monoisotopic (exact) mass is 269 g/mol. The summed E-state index contributed by atoms with van der Waals surface area (Å²) in [5, 5.41) is 9.46. The van der Waals surface area contributed by atoms with E-state index in [0.29, 0.717) is 18.0 Å². The van der Waals surface area contributed by atoms with Gasteiger partial charge >= 0.3 is 0 Å². The van der Waals surface area contributed by atoms with E-state index in [4.69, 9.17) is 0 Å². The fourth-order valence-corrected chi connectivity index (χ4v) is 3.12. The van der Waals surface area contributed by atoms with Crippen LogP contribution in [0, 0.1) is 5.92 Å².